The number of nitrogens with zero attached hydrogens (tertiary/aromatic N) is 5. The van der Waals surface area contributed by atoms with Crippen LogP contribution in [-0.2, 0) is 17.5 Å². The van der Waals surface area contributed by atoms with Gasteiger partial charge in [-0.25, -0.2) is 15.0 Å². The van der Waals surface area contributed by atoms with Gasteiger partial charge in [0.15, 0.2) is 5.13 Å². The van der Waals surface area contributed by atoms with Crippen LogP contribution in [0.25, 0.3) is 11.3 Å². The maximum atomic E-state index is 13.8. The molecule has 1 amide bonds. The van der Waals surface area contributed by atoms with E-state index >= 15 is 0 Å². The molecule has 0 radical (unpaired) electrons. The quantitative estimate of drug-likeness (QED) is 0.277. The van der Waals surface area contributed by atoms with Crippen LogP contribution in [0.2, 0.25) is 0 Å². The number of likely N-dealkylation sites (tertiary alicyclic amines) is 1. The highest BCUT2D eigenvalue weighted by Crippen LogP contribution is 2.41. The van der Waals surface area contributed by atoms with Crippen molar-refractivity contribution in [2.24, 2.45) is 5.92 Å². The van der Waals surface area contributed by atoms with Gasteiger partial charge in [-0.05, 0) is 57.4 Å². The number of hydrogen-bond donors (Lipinski definition) is 2. The fourth-order valence-electron chi connectivity index (χ4n) is 5.51. The Hall–Kier alpha value is -3.20. The average Bonchev–Trinajstić information content (AvgIpc) is 3.39. The molecule has 10 nitrogen and oxygen atoms in total. The van der Waals surface area contributed by atoms with Crippen LogP contribution in [0, 0.1) is 5.92 Å². The second-order valence-corrected chi connectivity index (χ2v) is 11.9. The number of halogens is 5. The summed E-state index contributed by atoms with van der Waals surface area (Å²) in [5, 5.41) is 12.2. The Morgan fingerprint density at radius 1 is 1.09 bits per heavy atom. The zero-order valence-electron chi connectivity index (χ0n) is 24.7. The van der Waals surface area contributed by atoms with E-state index in [1.165, 1.54) is 36.9 Å². The summed E-state index contributed by atoms with van der Waals surface area (Å²) in [5.74, 6) is -1.45. The monoisotopic (exact) mass is 690 g/mol. The van der Waals surface area contributed by atoms with Crippen LogP contribution in [0.15, 0.2) is 30.6 Å². The lowest BCUT2D eigenvalue weighted by molar-refractivity contribution is -0.142. The van der Waals surface area contributed by atoms with Crippen LogP contribution in [0.3, 0.4) is 0 Å². The number of ether oxygens (including phenoxy) is 1. The highest BCUT2D eigenvalue weighted by Gasteiger charge is 2.35. The van der Waals surface area contributed by atoms with Crippen molar-refractivity contribution in [2.45, 2.75) is 57.8 Å². The van der Waals surface area contributed by atoms with Crippen LogP contribution in [0.4, 0.5) is 24.1 Å². The molecule has 45 heavy (non-hydrogen) atoms. The lowest BCUT2D eigenvalue weighted by Crippen LogP contribution is -2.36. The first-order chi connectivity index (χ1) is 20.5. The molecule has 5 rings (SSSR count). The summed E-state index contributed by atoms with van der Waals surface area (Å²) in [5.41, 5.74) is -0.195. The van der Waals surface area contributed by atoms with Crippen molar-refractivity contribution in [3.05, 3.63) is 46.7 Å². The van der Waals surface area contributed by atoms with Gasteiger partial charge in [0.2, 0.25) is 0 Å². The summed E-state index contributed by atoms with van der Waals surface area (Å²) in [6, 6.07) is 4.17. The maximum absolute atomic E-state index is 13.8. The van der Waals surface area contributed by atoms with E-state index in [1.54, 1.807) is 6.07 Å². The van der Waals surface area contributed by atoms with Crippen molar-refractivity contribution in [3.8, 4) is 17.0 Å². The fourth-order valence-corrected chi connectivity index (χ4v) is 6.51. The number of carbonyl (C=O) groups excluding carboxylic acids is 1. The van der Waals surface area contributed by atoms with Crippen molar-refractivity contribution in [2.75, 3.05) is 37.0 Å². The number of piperidine rings is 2. The second kappa shape index (κ2) is 15.4. The number of methoxy groups -OCH3 is 1. The molecule has 2 aromatic heterocycles. The van der Waals surface area contributed by atoms with Gasteiger partial charge in [-0.1, -0.05) is 17.8 Å². The van der Waals surface area contributed by atoms with Crippen LogP contribution in [0.1, 0.15) is 60.0 Å². The Balaban J connectivity index is 0.00000276. The lowest BCUT2D eigenvalue weighted by atomic mass is 9.97. The number of carboxylic acids is 1. The van der Waals surface area contributed by atoms with Gasteiger partial charge in [0.1, 0.15) is 17.3 Å². The molecule has 2 saturated heterocycles. The standard InChI is InChI=1S/C29H33F3N6O4S.2ClH/c1-17-5-3-4-10-38(17)16-23-25(19-6-7-22(42-2)20(13-19)29(30,31)32)35-28(43-23)36-26(39)21-14-34-24(15-33-21)37-11-8-18(9-12-37)27(40)41;;/h6-7,13-15,17-18H,3-5,8-12,16H2,1-2H3,(H,40,41)(H,35,36,39);2*1H/t17-;;/m1../s1. The van der Waals surface area contributed by atoms with Crippen LogP contribution in [-0.4, -0.2) is 69.6 Å². The van der Waals surface area contributed by atoms with E-state index < -0.39 is 23.6 Å². The summed E-state index contributed by atoms with van der Waals surface area (Å²) in [6.45, 7) is 4.54. The van der Waals surface area contributed by atoms with Gasteiger partial charge < -0.3 is 14.7 Å². The van der Waals surface area contributed by atoms with Crippen molar-refractivity contribution < 1.29 is 32.6 Å². The van der Waals surface area contributed by atoms with E-state index in [0.717, 1.165) is 36.8 Å². The van der Waals surface area contributed by atoms with Crippen LogP contribution >= 0.6 is 36.2 Å². The molecule has 0 unspecified atom stereocenters. The molecule has 2 fully saturated rings. The molecule has 2 aliphatic rings. The largest absolute Gasteiger partial charge is 0.496 e. The van der Waals surface area contributed by atoms with Crippen molar-refractivity contribution in [1.29, 1.82) is 0 Å². The molecule has 1 aromatic carbocycles. The summed E-state index contributed by atoms with van der Waals surface area (Å²) < 4.78 is 46.4. The Labute approximate surface area is 275 Å². The highest BCUT2D eigenvalue weighted by molar-refractivity contribution is 7.16. The summed E-state index contributed by atoms with van der Waals surface area (Å²) >= 11 is 1.22. The number of thiazole rings is 1. The number of carbonyl (C=O) groups is 2. The predicted molar refractivity (Wildman–Crippen MR) is 170 cm³/mol. The third kappa shape index (κ3) is 8.54. The summed E-state index contributed by atoms with van der Waals surface area (Å²) in [7, 11) is 1.20. The maximum Gasteiger partial charge on any atom is 0.419 e. The van der Waals surface area contributed by atoms with Gasteiger partial charge in [-0.2, -0.15) is 13.2 Å². The molecule has 246 valence electrons. The normalized spacial score (nSPS) is 17.6. The number of alkyl halides is 3. The van der Waals surface area contributed by atoms with Crippen LogP contribution in [0.5, 0.6) is 5.75 Å². The van der Waals surface area contributed by atoms with E-state index in [1.807, 2.05) is 4.90 Å². The molecule has 0 spiro atoms. The molecular formula is C29H35Cl2F3N6O4S. The van der Waals surface area contributed by atoms with Gasteiger partial charge in [-0.3, -0.25) is 19.8 Å². The molecule has 16 heteroatoms. The Morgan fingerprint density at radius 2 is 1.82 bits per heavy atom. The number of rotatable bonds is 8. The first-order valence-electron chi connectivity index (χ1n) is 14.1. The zero-order valence-corrected chi connectivity index (χ0v) is 27.1. The minimum atomic E-state index is -4.62. The first kappa shape index (κ1) is 36.3. The van der Waals surface area contributed by atoms with Gasteiger partial charge in [0.05, 0.1) is 36.7 Å². The Bertz CT molecular complexity index is 1470. The van der Waals surface area contributed by atoms with Crippen molar-refractivity contribution >= 4 is 59.0 Å². The third-order valence-electron chi connectivity index (χ3n) is 8.02. The summed E-state index contributed by atoms with van der Waals surface area (Å²) in [4.78, 5) is 42.4. The van der Waals surface area contributed by atoms with Gasteiger partial charge in [-0.15, -0.1) is 24.8 Å². The number of anilines is 2. The summed E-state index contributed by atoms with van der Waals surface area (Å²) in [6.07, 6.45) is 2.40. The molecule has 2 N–H and O–H groups in total. The van der Waals surface area contributed by atoms with E-state index in [-0.39, 0.29) is 52.9 Å². The first-order valence-corrected chi connectivity index (χ1v) is 15.0. The lowest BCUT2D eigenvalue weighted by Gasteiger charge is -2.33. The minimum absolute atomic E-state index is 0. The third-order valence-corrected chi connectivity index (χ3v) is 8.98. The number of amides is 1. The second-order valence-electron chi connectivity index (χ2n) is 10.8. The molecule has 2 aliphatic heterocycles. The van der Waals surface area contributed by atoms with Gasteiger partial charge >= 0.3 is 12.1 Å². The van der Waals surface area contributed by atoms with Crippen LogP contribution < -0.4 is 15.0 Å². The molecule has 3 aromatic rings. The molecule has 4 heterocycles. The number of carboxylic acid groups (broad SMARTS) is 1. The fraction of sp³-hybridized carbons (Fsp3) is 0.483. The predicted octanol–water partition coefficient (Wildman–Crippen LogP) is 6.40. The minimum Gasteiger partial charge on any atom is -0.496 e. The molecule has 1 atom stereocenters. The van der Waals surface area contributed by atoms with E-state index in [9.17, 15) is 27.9 Å². The number of aromatic nitrogens is 3. The SMILES string of the molecule is COc1ccc(-c2nc(NC(=O)c3cnc(N4CCC(C(=O)O)CC4)cn3)sc2CN2CCCC[C@H]2C)cc1C(F)(F)F.Cl.Cl. The van der Waals surface area contributed by atoms with Crippen molar-refractivity contribution in [1.82, 2.24) is 19.9 Å². The molecule has 0 saturated carbocycles. The van der Waals surface area contributed by atoms with E-state index in [4.69, 9.17) is 4.74 Å². The number of hydrogen-bond acceptors (Lipinski definition) is 9. The molecule has 0 aliphatic carbocycles. The molecule has 0 bridgehead atoms. The van der Waals surface area contributed by atoms with Gasteiger partial charge in [0, 0.05) is 36.1 Å². The number of nitrogens with one attached hydrogen (secondary N) is 1. The van der Waals surface area contributed by atoms with Crippen molar-refractivity contribution in [3.63, 3.8) is 0 Å². The Kier molecular flexibility index (Phi) is 12.4. The number of benzene rings is 1. The topological polar surface area (TPSA) is 121 Å². The highest BCUT2D eigenvalue weighted by atomic mass is 35.5. The number of aliphatic carboxylic acids is 1. The molecular weight excluding hydrogens is 656 g/mol. The zero-order chi connectivity index (χ0) is 30.7. The average molecular weight is 692 g/mol. The van der Waals surface area contributed by atoms with E-state index in [0.29, 0.717) is 50.0 Å². The van der Waals surface area contributed by atoms with E-state index in [2.05, 4.69) is 32.1 Å². The smallest absolute Gasteiger partial charge is 0.419 e. The Morgan fingerprint density at radius 3 is 2.42 bits per heavy atom. The van der Waals surface area contributed by atoms with Gasteiger partial charge in [0.25, 0.3) is 5.91 Å².